The van der Waals surface area contributed by atoms with Crippen LogP contribution in [0.3, 0.4) is 0 Å². The molecule has 1 aromatic heterocycles. The van der Waals surface area contributed by atoms with Crippen LogP contribution in [0.5, 0.6) is 5.75 Å². The lowest BCUT2D eigenvalue weighted by molar-refractivity contribution is -0.136. The molecule has 46 heavy (non-hydrogen) atoms. The summed E-state index contributed by atoms with van der Waals surface area (Å²) in [6.07, 6.45) is 8.12. The van der Waals surface area contributed by atoms with Crippen LogP contribution < -0.4 is 10.1 Å². The fourth-order valence-electron chi connectivity index (χ4n) is 8.87. The van der Waals surface area contributed by atoms with Gasteiger partial charge in [0.1, 0.15) is 12.9 Å². The van der Waals surface area contributed by atoms with E-state index < -0.39 is 0 Å². The summed E-state index contributed by atoms with van der Waals surface area (Å²) in [4.78, 5) is 39.0. The number of carbonyl (C=O) groups is 2. The van der Waals surface area contributed by atoms with Crippen LogP contribution in [0.25, 0.3) is 0 Å². The van der Waals surface area contributed by atoms with Crippen molar-refractivity contribution >= 4 is 34.1 Å². The van der Waals surface area contributed by atoms with E-state index in [0.29, 0.717) is 54.2 Å². The van der Waals surface area contributed by atoms with Crippen molar-refractivity contribution in [3.05, 3.63) is 39.9 Å². The van der Waals surface area contributed by atoms with Crippen LogP contribution in [0, 0.1) is 30.1 Å². The van der Waals surface area contributed by atoms with Gasteiger partial charge in [0, 0.05) is 41.6 Å². The Kier molecular flexibility index (Phi) is 9.61. The van der Waals surface area contributed by atoms with Gasteiger partial charge in [-0.1, -0.05) is 38.9 Å². The third kappa shape index (κ3) is 6.76. The van der Waals surface area contributed by atoms with Crippen LogP contribution in [-0.4, -0.2) is 67.4 Å². The van der Waals surface area contributed by atoms with E-state index in [1.165, 1.54) is 22.5 Å². The summed E-state index contributed by atoms with van der Waals surface area (Å²) in [7, 11) is 1.64. The average Bonchev–Trinajstić information content (AvgIpc) is 3.54. The first-order valence-corrected chi connectivity index (χ1v) is 17.8. The number of morpholine rings is 1. The Morgan fingerprint density at radius 2 is 2.00 bits per heavy atom. The predicted octanol–water partition coefficient (Wildman–Crippen LogP) is 6.49. The quantitative estimate of drug-likeness (QED) is 0.198. The van der Waals surface area contributed by atoms with Gasteiger partial charge in [-0.3, -0.25) is 14.5 Å². The lowest BCUT2D eigenvalue weighted by atomic mass is 9.53. The van der Waals surface area contributed by atoms with Gasteiger partial charge in [-0.2, -0.15) is 0 Å². The first kappa shape index (κ1) is 33.1. The maximum atomic E-state index is 13.1. The zero-order valence-electron chi connectivity index (χ0n) is 28.3. The Labute approximate surface area is 277 Å². The van der Waals surface area contributed by atoms with E-state index in [0.717, 1.165) is 67.8 Å². The maximum absolute atomic E-state index is 13.1. The Balaban J connectivity index is 1.24. The number of aromatic nitrogens is 1. The molecule has 9 nitrogen and oxygen atoms in total. The van der Waals surface area contributed by atoms with E-state index in [4.69, 9.17) is 14.3 Å². The molecule has 6 rings (SSSR count). The van der Waals surface area contributed by atoms with Gasteiger partial charge >= 0.3 is 5.97 Å². The minimum Gasteiger partial charge on any atom is -0.425 e. The number of hydrogen-bond acceptors (Lipinski definition) is 9. The molecule has 1 N–H and O–H groups in total. The molecule has 1 aliphatic heterocycles. The van der Waals surface area contributed by atoms with Gasteiger partial charge in [0.15, 0.2) is 5.13 Å². The van der Waals surface area contributed by atoms with Gasteiger partial charge in [0.25, 0.3) is 0 Å². The van der Waals surface area contributed by atoms with Crippen molar-refractivity contribution in [3.8, 4) is 5.75 Å². The fourth-order valence-corrected chi connectivity index (χ4v) is 9.56. The summed E-state index contributed by atoms with van der Waals surface area (Å²) >= 11 is 1.51. The number of ether oxygens (including phenoxy) is 2. The van der Waals surface area contributed by atoms with E-state index >= 15 is 0 Å². The lowest BCUT2D eigenvalue weighted by Crippen LogP contribution is -2.44. The largest absolute Gasteiger partial charge is 0.425 e. The number of thiazole rings is 1. The highest BCUT2D eigenvalue weighted by Crippen LogP contribution is 2.63. The van der Waals surface area contributed by atoms with Gasteiger partial charge in [-0.15, -0.1) is 11.3 Å². The smallest absolute Gasteiger partial charge is 0.325 e. The summed E-state index contributed by atoms with van der Waals surface area (Å²) in [5, 5.41) is 8.26. The second kappa shape index (κ2) is 13.4. The first-order valence-electron chi connectivity index (χ1n) is 17.0. The van der Waals surface area contributed by atoms with Crippen LogP contribution >= 0.6 is 11.3 Å². The van der Waals surface area contributed by atoms with Crippen molar-refractivity contribution in [3.63, 3.8) is 0 Å². The van der Waals surface area contributed by atoms with Crippen LogP contribution in [0.15, 0.2) is 23.5 Å². The standard InChI is InChI=1S/C36H50N4O5S/c1-22-20-37-34(46-22)38-31(41)10-8-24-18-30(39-43-6)36(5)12-11-25-26(33(24)36)9-7-23-17-29(28(19-27(23)25)35(2,3)4)45-32(42)21-40-13-15-44-16-14-40/h17,19-20,24-26,33H,7-16,18,21H2,1-6H3,(H,37,38,41)/t24-,25?,26?,33?,36-/m1/s1. The summed E-state index contributed by atoms with van der Waals surface area (Å²) in [5.41, 5.74) is 4.76. The Bertz CT molecular complexity index is 1480. The summed E-state index contributed by atoms with van der Waals surface area (Å²) in [6, 6.07) is 4.54. The van der Waals surface area contributed by atoms with Crippen LogP contribution in [-0.2, 0) is 31.0 Å². The van der Waals surface area contributed by atoms with Crippen LogP contribution in [0.2, 0.25) is 0 Å². The predicted molar refractivity (Wildman–Crippen MR) is 181 cm³/mol. The topological polar surface area (TPSA) is 102 Å². The molecular weight excluding hydrogens is 600 g/mol. The van der Waals surface area contributed by atoms with Crippen molar-refractivity contribution in [2.24, 2.45) is 28.3 Å². The first-order chi connectivity index (χ1) is 22.0. The van der Waals surface area contributed by atoms with Gasteiger partial charge < -0.3 is 19.6 Å². The molecule has 1 amide bonds. The van der Waals surface area contributed by atoms with Gasteiger partial charge in [-0.05, 0) is 91.7 Å². The Morgan fingerprint density at radius 1 is 1.22 bits per heavy atom. The number of carbonyl (C=O) groups excluding carboxylic acids is 2. The van der Waals surface area contributed by atoms with E-state index in [1.807, 2.05) is 6.92 Å². The molecule has 3 unspecified atom stereocenters. The number of hydrogen-bond donors (Lipinski definition) is 1. The van der Waals surface area contributed by atoms with Crippen molar-refractivity contribution in [1.82, 2.24) is 9.88 Å². The van der Waals surface area contributed by atoms with E-state index in [-0.39, 0.29) is 29.3 Å². The Morgan fingerprint density at radius 3 is 2.70 bits per heavy atom. The van der Waals surface area contributed by atoms with Gasteiger partial charge in [0.05, 0.1) is 25.5 Å². The molecule has 3 fully saturated rings. The van der Waals surface area contributed by atoms with Crippen molar-refractivity contribution in [2.45, 2.75) is 90.9 Å². The molecule has 2 saturated carbocycles. The number of amides is 1. The molecule has 1 saturated heterocycles. The highest BCUT2D eigenvalue weighted by Gasteiger charge is 2.57. The fraction of sp³-hybridized carbons (Fsp3) is 0.667. The molecule has 0 spiro atoms. The van der Waals surface area contributed by atoms with E-state index in [2.05, 4.69) is 60.2 Å². The highest BCUT2D eigenvalue weighted by atomic mass is 32.1. The van der Waals surface area contributed by atoms with Gasteiger partial charge in [0.2, 0.25) is 5.91 Å². The monoisotopic (exact) mass is 650 g/mol. The highest BCUT2D eigenvalue weighted by molar-refractivity contribution is 7.15. The molecule has 10 heteroatoms. The minimum atomic E-state index is -0.206. The van der Waals surface area contributed by atoms with E-state index in [9.17, 15) is 9.59 Å². The van der Waals surface area contributed by atoms with Crippen molar-refractivity contribution < 1.29 is 23.9 Å². The maximum Gasteiger partial charge on any atom is 0.325 e. The SMILES string of the molecule is CON=C1C[C@@H](CCC(=O)Nc2ncc(C)s2)C2C3CCc4cc(OC(=O)CN5CCOCC5)c(C(C)(C)C)cc4C3CC[C@]12C. The number of anilines is 1. The van der Waals surface area contributed by atoms with Gasteiger partial charge in [-0.25, -0.2) is 4.98 Å². The second-order valence-electron chi connectivity index (χ2n) is 15.0. The molecule has 3 aliphatic carbocycles. The minimum absolute atomic E-state index is 0.0278. The Hall–Kier alpha value is -2.82. The number of nitrogens with zero attached hydrogens (tertiary/aromatic N) is 3. The van der Waals surface area contributed by atoms with Crippen molar-refractivity contribution in [1.29, 1.82) is 0 Å². The number of oxime groups is 1. The molecule has 2 aromatic rings. The van der Waals surface area contributed by atoms with Crippen LogP contribution in [0.1, 0.15) is 93.7 Å². The molecule has 4 aliphatic rings. The molecule has 5 atom stereocenters. The zero-order valence-corrected chi connectivity index (χ0v) is 29.1. The van der Waals surface area contributed by atoms with Crippen LogP contribution in [0.4, 0.5) is 5.13 Å². The normalized spacial score (nSPS) is 28.7. The van der Waals surface area contributed by atoms with E-state index in [1.54, 1.807) is 13.3 Å². The number of benzene rings is 1. The molecule has 250 valence electrons. The molecular formula is C36H50N4O5S. The molecule has 0 radical (unpaired) electrons. The number of aryl methyl sites for hydroxylation is 2. The number of esters is 1. The third-order valence-electron chi connectivity index (χ3n) is 11.0. The zero-order chi connectivity index (χ0) is 32.6. The molecule has 1 aromatic carbocycles. The number of rotatable bonds is 8. The lowest BCUT2D eigenvalue weighted by Gasteiger charge is -2.50. The average molecular weight is 651 g/mol. The summed E-state index contributed by atoms with van der Waals surface area (Å²) < 4.78 is 11.6. The molecule has 0 bridgehead atoms. The van der Waals surface area contributed by atoms with Crippen molar-refractivity contribution in [2.75, 3.05) is 45.3 Å². The number of nitrogens with one attached hydrogen (secondary N) is 1. The summed E-state index contributed by atoms with van der Waals surface area (Å²) in [6.45, 7) is 14.1. The molecule has 2 heterocycles. The third-order valence-corrected chi connectivity index (χ3v) is 11.8. The second-order valence-corrected chi connectivity index (χ2v) is 16.2. The number of fused-ring (bicyclic) bond motifs is 5. The summed E-state index contributed by atoms with van der Waals surface area (Å²) in [5.74, 6) is 2.23.